The van der Waals surface area contributed by atoms with Gasteiger partial charge < -0.3 is 5.73 Å². The fourth-order valence-electron chi connectivity index (χ4n) is 1.96. The van der Waals surface area contributed by atoms with E-state index in [1.165, 1.54) is 12.1 Å². The standard InChI is InChI=1S/C13H8BrClFN3/c14-7-1-4-11-12(5-7)19(13(17)18-11)8-2-3-10(16)9(15)6-8/h1-6H,(H2,17,18). The van der Waals surface area contributed by atoms with Crippen LogP contribution in [0, 0.1) is 5.82 Å². The summed E-state index contributed by atoms with van der Waals surface area (Å²) in [5.74, 6) is -0.134. The van der Waals surface area contributed by atoms with Crippen molar-refractivity contribution in [2.75, 3.05) is 5.73 Å². The molecule has 3 nitrogen and oxygen atoms in total. The minimum Gasteiger partial charge on any atom is -0.369 e. The zero-order valence-electron chi connectivity index (χ0n) is 9.57. The molecule has 96 valence electrons. The van der Waals surface area contributed by atoms with Crippen molar-refractivity contribution in [2.24, 2.45) is 0 Å². The molecule has 0 spiro atoms. The van der Waals surface area contributed by atoms with Gasteiger partial charge in [-0.25, -0.2) is 9.37 Å². The molecule has 3 aromatic rings. The first-order valence-electron chi connectivity index (χ1n) is 5.45. The highest BCUT2D eigenvalue weighted by atomic mass is 79.9. The molecule has 0 aliphatic rings. The van der Waals surface area contributed by atoms with Crippen molar-refractivity contribution in [2.45, 2.75) is 0 Å². The number of aromatic nitrogens is 2. The third-order valence-electron chi connectivity index (χ3n) is 2.80. The summed E-state index contributed by atoms with van der Waals surface area (Å²) >= 11 is 9.21. The second-order valence-corrected chi connectivity index (χ2v) is 5.36. The lowest BCUT2D eigenvalue weighted by atomic mass is 10.2. The van der Waals surface area contributed by atoms with Crippen molar-refractivity contribution in [3.8, 4) is 5.69 Å². The van der Waals surface area contributed by atoms with Crippen molar-refractivity contribution >= 4 is 44.5 Å². The Labute approximate surface area is 121 Å². The third kappa shape index (κ3) is 2.09. The van der Waals surface area contributed by atoms with Crippen LogP contribution in [0.15, 0.2) is 40.9 Å². The molecule has 19 heavy (non-hydrogen) atoms. The number of nitrogens with two attached hydrogens (primary N) is 1. The Hall–Kier alpha value is -1.59. The molecule has 0 fully saturated rings. The number of hydrogen-bond acceptors (Lipinski definition) is 2. The van der Waals surface area contributed by atoms with Gasteiger partial charge in [0.15, 0.2) is 0 Å². The molecule has 0 amide bonds. The summed E-state index contributed by atoms with van der Waals surface area (Å²) in [7, 11) is 0. The Morgan fingerprint density at radius 2 is 2.00 bits per heavy atom. The maximum atomic E-state index is 13.2. The first kappa shape index (κ1) is 12.4. The molecule has 0 saturated carbocycles. The van der Waals surface area contributed by atoms with Crippen LogP contribution in [0.1, 0.15) is 0 Å². The lowest BCUT2D eigenvalue weighted by Gasteiger charge is -2.07. The highest BCUT2D eigenvalue weighted by Gasteiger charge is 2.11. The molecule has 1 aromatic heterocycles. The van der Waals surface area contributed by atoms with Gasteiger partial charge in [0.25, 0.3) is 0 Å². The molecule has 0 bridgehead atoms. The number of anilines is 1. The van der Waals surface area contributed by atoms with Gasteiger partial charge >= 0.3 is 0 Å². The minimum atomic E-state index is -0.463. The van der Waals surface area contributed by atoms with E-state index in [4.69, 9.17) is 17.3 Å². The van der Waals surface area contributed by atoms with E-state index < -0.39 is 5.82 Å². The van der Waals surface area contributed by atoms with E-state index in [9.17, 15) is 4.39 Å². The predicted octanol–water partition coefficient (Wildman–Crippen LogP) is 4.16. The van der Waals surface area contributed by atoms with E-state index in [1.807, 2.05) is 18.2 Å². The van der Waals surface area contributed by atoms with Crippen LogP contribution in [-0.4, -0.2) is 9.55 Å². The average molecular weight is 341 g/mol. The zero-order valence-corrected chi connectivity index (χ0v) is 11.9. The molecule has 0 aliphatic carbocycles. The van der Waals surface area contributed by atoms with Gasteiger partial charge in [0, 0.05) is 4.47 Å². The lowest BCUT2D eigenvalue weighted by Crippen LogP contribution is -2.00. The lowest BCUT2D eigenvalue weighted by molar-refractivity contribution is 0.628. The predicted molar refractivity (Wildman–Crippen MR) is 78.2 cm³/mol. The van der Waals surface area contributed by atoms with Gasteiger partial charge in [-0.1, -0.05) is 27.5 Å². The highest BCUT2D eigenvalue weighted by molar-refractivity contribution is 9.10. The smallest absolute Gasteiger partial charge is 0.205 e. The quantitative estimate of drug-likeness (QED) is 0.723. The summed E-state index contributed by atoms with van der Waals surface area (Å²) in [4.78, 5) is 4.27. The normalized spacial score (nSPS) is 11.1. The summed E-state index contributed by atoms with van der Waals surface area (Å²) in [6, 6.07) is 10.1. The van der Waals surface area contributed by atoms with E-state index in [2.05, 4.69) is 20.9 Å². The second kappa shape index (κ2) is 4.51. The third-order valence-corrected chi connectivity index (χ3v) is 3.59. The van der Waals surface area contributed by atoms with Crippen molar-refractivity contribution in [3.05, 3.63) is 51.7 Å². The van der Waals surface area contributed by atoms with Gasteiger partial charge in [-0.2, -0.15) is 0 Å². The van der Waals surface area contributed by atoms with Gasteiger partial charge in [-0.3, -0.25) is 4.57 Å². The molecule has 6 heteroatoms. The van der Waals surface area contributed by atoms with Gasteiger partial charge in [0.1, 0.15) is 5.82 Å². The van der Waals surface area contributed by atoms with E-state index in [-0.39, 0.29) is 5.02 Å². The van der Waals surface area contributed by atoms with Crippen molar-refractivity contribution in [1.29, 1.82) is 0 Å². The SMILES string of the molecule is Nc1nc2ccc(Br)cc2n1-c1ccc(F)c(Cl)c1. The Morgan fingerprint density at radius 3 is 2.74 bits per heavy atom. The van der Waals surface area contributed by atoms with Crippen LogP contribution in [0.2, 0.25) is 5.02 Å². The van der Waals surface area contributed by atoms with E-state index >= 15 is 0 Å². The van der Waals surface area contributed by atoms with E-state index in [0.717, 1.165) is 15.5 Å². The van der Waals surface area contributed by atoms with E-state index in [1.54, 1.807) is 10.6 Å². The van der Waals surface area contributed by atoms with Gasteiger partial charge in [-0.05, 0) is 36.4 Å². The number of imidazole rings is 1. The van der Waals surface area contributed by atoms with Crippen LogP contribution in [-0.2, 0) is 0 Å². The fourth-order valence-corrected chi connectivity index (χ4v) is 2.49. The molecule has 0 aliphatic heterocycles. The zero-order chi connectivity index (χ0) is 13.6. The molecule has 2 N–H and O–H groups in total. The van der Waals surface area contributed by atoms with Crippen molar-refractivity contribution < 1.29 is 4.39 Å². The number of halogens is 3. The molecule has 0 radical (unpaired) electrons. The summed E-state index contributed by atoms with van der Waals surface area (Å²) in [6.45, 7) is 0. The van der Waals surface area contributed by atoms with Crippen LogP contribution in [0.3, 0.4) is 0 Å². The number of rotatable bonds is 1. The highest BCUT2D eigenvalue weighted by Crippen LogP contribution is 2.27. The molecule has 2 aromatic carbocycles. The van der Waals surface area contributed by atoms with Crippen LogP contribution in [0.25, 0.3) is 16.7 Å². The average Bonchev–Trinajstić information content (AvgIpc) is 2.68. The van der Waals surface area contributed by atoms with Crippen LogP contribution < -0.4 is 5.73 Å². The Kier molecular flexibility index (Phi) is 2.95. The minimum absolute atomic E-state index is 0.0498. The van der Waals surface area contributed by atoms with Gasteiger partial charge in [-0.15, -0.1) is 0 Å². The molecular weight excluding hydrogens is 333 g/mol. The van der Waals surface area contributed by atoms with Crippen LogP contribution in [0.5, 0.6) is 0 Å². The monoisotopic (exact) mass is 339 g/mol. The largest absolute Gasteiger partial charge is 0.369 e. The van der Waals surface area contributed by atoms with Crippen LogP contribution >= 0.6 is 27.5 Å². The number of nitrogen functional groups attached to an aromatic ring is 1. The molecule has 1 heterocycles. The van der Waals surface area contributed by atoms with E-state index in [0.29, 0.717) is 11.6 Å². The van der Waals surface area contributed by atoms with Crippen LogP contribution in [0.4, 0.5) is 10.3 Å². The molecule has 0 unspecified atom stereocenters. The number of fused-ring (bicyclic) bond motifs is 1. The fraction of sp³-hybridized carbons (Fsp3) is 0. The van der Waals surface area contributed by atoms with Crippen molar-refractivity contribution in [1.82, 2.24) is 9.55 Å². The molecule has 0 atom stereocenters. The summed E-state index contributed by atoms with van der Waals surface area (Å²) in [5, 5.41) is 0.0498. The summed E-state index contributed by atoms with van der Waals surface area (Å²) in [6.07, 6.45) is 0. The summed E-state index contributed by atoms with van der Waals surface area (Å²) < 4.78 is 15.9. The maximum absolute atomic E-state index is 13.2. The summed E-state index contributed by atoms with van der Waals surface area (Å²) in [5.41, 5.74) is 8.19. The topological polar surface area (TPSA) is 43.8 Å². The molecular formula is C13H8BrClFN3. The first-order valence-corrected chi connectivity index (χ1v) is 6.62. The maximum Gasteiger partial charge on any atom is 0.205 e. The Balaban J connectivity index is 2.31. The Bertz CT molecular complexity index is 785. The number of nitrogens with zero attached hydrogens (tertiary/aromatic N) is 2. The number of hydrogen-bond donors (Lipinski definition) is 1. The van der Waals surface area contributed by atoms with Gasteiger partial charge in [0.2, 0.25) is 5.95 Å². The molecule has 3 rings (SSSR count). The Morgan fingerprint density at radius 1 is 1.21 bits per heavy atom. The van der Waals surface area contributed by atoms with Gasteiger partial charge in [0.05, 0.1) is 21.7 Å². The number of benzene rings is 2. The first-order chi connectivity index (χ1) is 9.06. The second-order valence-electron chi connectivity index (χ2n) is 4.04. The van der Waals surface area contributed by atoms with Crippen molar-refractivity contribution in [3.63, 3.8) is 0 Å². The molecule has 0 saturated heterocycles.